The molecule has 0 saturated carbocycles. The van der Waals surface area contributed by atoms with Gasteiger partial charge in [0.05, 0.1) is 5.92 Å². The minimum atomic E-state index is -1.41. The van der Waals surface area contributed by atoms with E-state index < -0.39 is 29.7 Å². The maximum atomic E-state index is 11.6. The molecule has 0 aromatic rings. The van der Waals surface area contributed by atoms with Gasteiger partial charge < -0.3 is 20.7 Å². The van der Waals surface area contributed by atoms with Crippen LogP contribution < -0.4 is 5.73 Å². The summed E-state index contributed by atoms with van der Waals surface area (Å²) in [4.78, 5) is 21.9. The molecule has 0 heterocycles. The van der Waals surface area contributed by atoms with Crippen LogP contribution in [0.4, 0.5) is 0 Å². The van der Waals surface area contributed by atoms with Crippen molar-refractivity contribution in [1.29, 1.82) is 0 Å². The Bertz CT molecular complexity index is 256. The lowest BCUT2D eigenvalue weighted by molar-refractivity contribution is -0.164. The highest BCUT2D eigenvalue weighted by Gasteiger charge is 2.29. The van der Waals surface area contributed by atoms with Crippen LogP contribution >= 0.6 is 0 Å². The van der Waals surface area contributed by atoms with Crippen LogP contribution in [0, 0.1) is 5.92 Å². The van der Waals surface area contributed by atoms with Crippen molar-refractivity contribution in [3.8, 4) is 0 Å². The van der Waals surface area contributed by atoms with Crippen LogP contribution in [0.3, 0.4) is 0 Å². The number of aliphatic hydroxyl groups is 1. The number of nitrogens with two attached hydrogens (primary N) is 1. The first-order chi connectivity index (χ1) is 7.13. The van der Waals surface area contributed by atoms with Crippen LogP contribution in [-0.2, 0) is 14.3 Å². The number of esters is 1. The summed E-state index contributed by atoms with van der Waals surface area (Å²) in [6.45, 7) is 5.05. The number of aliphatic hydroxyl groups excluding tert-OH is 1. The van der Waals surface area contributed by atoms with Gasteiger partial charge in [-0.25, -0.2) is 0 Å². The molecule has 0 saturated heterocycles. The summed E-state index contributed by atoms with van der Waals surface area (Å²) in [5.41, 5.74) is 4.52. The Kier molecular flexibility index (Phi) is 5.40. The highest BCUT2D eigenvalue weighted by molar-refractivity contribution is 5.74. The van der Waals surface area contributed by atoms with E-state index in [1.807, 2.05) is 0 Å². The molecule has 2 unspecified atom stereocenters. The number of carboxylic acids is 1. The van der Waals surface area contributed by atoms with E-state index >= 15 is 0 Å². The van der Waals surface area contributed by atoms with Gasteiger partial charge in [-0.1, -0.05) is 0 Å². The van der Waals surface area contributed by atoms with Crippen molar-refractivity contribution < 1.29 is 24.5 Å². The van der Waals surface area contributed by atoms with Crippen molar-refractivity contribution in [3.63, 3.8) is 0 Å². The van der Waals surface area contributed by atoms with Gasteiger partial charge in [0.1, 0.15) is 11.8 Å². The Balaban J connectivity index is 4.42. The quantitative estimate of drug-likeness (QED) is 0.458. The molecule has 0 radical (unpaired) electrons. The summed E-state index contributed by atoms with van der Waals surface area (Å²) in [6, 6.07) is 0. The largest absolute Gasteiger partial charge is 0.481 e. The van der Waals surface area contributed by atoms with Gasteiger partial charge in [0, 0.05) is 6.42 Å². The maximum Gasteiger partial charge on any atom is 0.313 e. The number of carbonyl (C=O) groups is 2. The van der Waals surface area contributed by atoms with Crippen molar-refractivity contribution in [3.05, 3.63) is 0 Å². The third-order valence-electron chi connectivity index (χ3n) is 1.79. The Morgan fingerprint density at radius 1 is 1.38 bits per heavy atom. The summed E-state index contributed by atoms with van der Waals surface area (Å²) in [5, 5.41) is 17.7. The smallest absolute Gasteiger partial charge is 0.313 e. The van der Waals surface area contributed by atoms with E-state index in [0.29, 0.717) is 0 Å². The van der Waals surface area contributed by atoms with E-state index in [4.69, 9.17) is 15.6 Å². The molecule has 0 rings (SSSR count). The number of hydrogen-bond acceptors (Lipinski definition) is 5. The zero-order valence-corrected chi connectivity index (χ0v) is 9.77. The van der Waals surface area contributed by atoms with Crippen molar-refractivity contribution >= 4 is 11.9 Å². The van der Waals surface area contributed by atoms with E-state index in [0.717, 1.165) is 0 Å². The minimum Gasteiger partial charge on any atom is -0.481 e. The van der Waals surface area contributed by atoms with Gasteiger partial charge >= 0.3 is 11.9 Å². The number of carboxylic acid groups (broad SMARTS) is 1. The maximum absolute atomic E-state index is 11.6. The lowest BCUT2D eigenvalue weighted by Crippen LogP contribution is -2.39. The molecule has 0 spiro atoms. The Labute approximate surface area is 94.4 Å². The molecule has 16 heavy (non-hydrogen) atoms. The molecule has 0 aromatic carbocycles. The van der Waals surface area contributed by atoms with Crippen molar-refractivity contribution in [1.82, 2.24) is 0 Å². The predicted octanol–water partition coefficient (Wildman–Crippen LogP) is 0.0862. The standard InChI is InChI=1S/C10H19NO5/c1-10(2,3)16-9(15)6(8(11)14)4-5-7(12)13/h6,8,14H,4-5,11H2,1-3H3,(H,12,13). The minimum absolute atomic E-state index is 0.0398. The molecule has 0 aliphatic carbocycles. The molecule has 0 aliphatic heterocycles. The van der Waals surface area contributed by atoms with Crippen LogP contribution in [-0.4, -0.2) is 34.0 Å². The zero-order valence-electron chi connectivity index (χ0n) is 9.77. The number of rotatable bonds is 5. The average Bonchev–Trinajstić information content (AvgIpc) is 1.98. The molecule has 6 nitrogen and oxygen atoms in total. The first kappa shape index (κ1) is 14.9. The summed E-state index contributed by atoms with van der Waals surface area (Å²) in [7, 11) is 0. The number of ether oxygens (including phenoxy) is 1. The van der Waals surface area contributed by atoms with E-state index in [-0.39, 0.29) is 12.8 Å². The Hall–Kier alpha value is -1.14. The zero-order chi connectivity index (χ0) is 12.9. The Morgan fingerprint density at radius 2 is 1.88 bits per heavy atom. The van der Waals surface area contributed by atoms with E-state index in [9.17, 15) is 14.7 Å². The fraction of sp³-hybridized carbons (Fsp3) is 0.800. The van der Waals surface area contributed by atoms with E-state index in [2.05, 4.69) is 0 Å². The normalized spacial score (nSPS) is 15.3. The van der Waals surface area contributed by atoms with Gasteiger partial charge in [-0.15, -0.1) is 0 Å². The molecule has 0 fully saturated rings. The molecule has 4 N–H and O–H groups in total. The highest BCUT2D eigenvalue weighted by Crippen LogP contribution is 2.16. The molecule has 2 atom stereocenters. The average molecular weight is 233 g/mol. The number of aliphatic carboxylic acids is 1. The van der Waals surface area contributed by atoms with Crippen LogP contribution in [0.15, 0.2) is 0 Å². The Morgan fingerprint density at radius 3 is 2.19 bits per heavy atom. The molecule has 0 amide bonds. The topological polar surface area (TPSA) is 110 Å². The molecular formula is C10H19NO5. The van der Waals surface area contributed by atoms with Crippen molar-refractivity contribution in [2.45, 2.75) is 45.4 Å². The molecule has 6 heteroatoms. The highest BCUT2D eigenvalue weighted by atomic mass is 16.6. The lowest BCUT2D eigenvalue weighted by Gasteiger charge is -2.24. The molecule has 0 bridgehead atoms. The molecule has 94 valence electrons. The van der Waals surface area contributed by atoms with Crippen LogP contribution in [0.5, 0.6) is 0 Å². The second kappa shape index (κ2) is 5.81. The summed E-state index contributed by atoms with van der Waals surface area (Å²) in [5.74, 6) is -2.73. The van der Waals surface area contributed by atoms with Gasteiger partial charge in [0.25, 0.3) is 0 Å². The first-order valence-electron chi connectivity index (χ1n) is 5.02. The fourth-order valence-electron chi connectivity index (χ4n) is 1.08. The van der Waals surface area contributed by atoms with Crippen molar-refractivity contribution in [2.75, 3.05) is 0 Å². The first-order valence-corrected chi connectivity index (χ1v) is 5.02. The van der Waals surface area contributed by atoms with E-state index in [1.54, 1.807) is 20.8 Å². The van der Waals surface area contributed by atoms with Gasteiger partial charge in [0.2, 0.25) is 0 Å². The predicted molar refractivity (Wildman–Crippen MR) is 56.4 cm³/mol. The van der Waals surface area contributed by atoms with Crippen LogP contribution in [0.25, 0.3) is 0 Å². The second-order valence-electron chi connectivity index (χ2n) is 4.56. The summed E-state index contributed by atoms with van der Waals surface area (Å²) in [6.07, 6.45) is -1.69. The monoisotopic (exact) mass is 233 g/mol. The van der Waals surface area contributed by atoms with Crippen LogP contribution in [0.1, 0.15) is 33.6 Å². The van der Waals surface area contributed by atoms with Gasteiger partial charge in [0.15, 0.2) is 0 Å². The van der Waals surface area contributed by atoms with Gasteiger partial charge in [-0.2, -0.15) is 0 Å². The molecule has 0 aromatic heterocycles. The number of hydrogen-bond donors (Lipinski definition) is 3. The van der Waals surface area contributed by atoms with Gasteiger partial charge in [-0.3, -0.25) is 9.59 Å². The van der Waals surface area contributed by atoms with Crippen molar-refractivity contribution in [2.24, 2.45) is 11.7 Å². The molecule has 0 aliphatic rings. The SMILES string of the molecule is CC(C)(C)OC(=O)C(CCC(=O)O)C(N)O. The number of carbonyl (C=O) groups excluding carboxylic acids is 1. The van der Waals surface area contributed by atoms with E-state index in [1.165, 1.54) is 0 Å². The van der Waals surface area contributed by atoms with Gasteiger partial charge in [-0.05, 0) is 27.2 Å². The fourth-order valence-corrected chi connectivity index (χ4v) is 1.08. The van der Waals surface area contributed by atoms with Crippen LogP contribution in [0.2, 0.25) is 0 Å². The molecular weight excluding hydrogens is 214 g/mol. The summed E-state index contributed by atoms with van der Waals surface area (Å²) < 4.78 is 5.02. The third kappa shape index (κ3) is 6.36. The lowest BCUT2D eigenvalue weighted by atomic mass is 10.0. The summed E-state index contributed by atoms with van der Waals surface area (Å²) >= 11 is 0. The third-order valence-corrected chi connectivity index (χ3v) is 1.79. The second-order valence-corrected chi connectivity index (χ2v) is 4.56.